The number of primary amides is 1. The molecule has 3 nitrogen and oxygen atoms in total. The predicted octanol–water partition coefficient (Wildman–Crippen LogP) is 7.49. The first-order valence-corrected chi connectivity index (χ1v) is 13.3. The maximum atomic E-state index is 11.3. The van der Waals surface area contributed by atoms with Crippen LogP contribution in [0.2, 0.25) is 0 Å². The summed E-state index contributed by atoms with van der Waals surface area (Å²) in [7, 11) is 0. The van der Waals surface area contributed by atoms with Gasteiger partial charge >= 0.3 is 6.09 Å². The van der Waals surface area contributed by atoms with Gasteiger partial charge in [-0.1, -0.05) is 65.5 Å². The summed E-state index contributed by atoms with van der Waals surface area (Å²) in [5.74, 6) is 5.20. The van der Waals surface area contributed by atoms with Crippen molar-refractivity contribution in [1.82, 2.24) is 0 Å². The number of carbonyl (C=O) groups is 1. The molecular weight excluding hydrogens is 382 g/mol. The fourth-order valence-electron chi connectivity index (χ4n) is 8.92. The largest absolute Gasteiger partial charge is 0.446 e. The van der Waals surface area contributed by atoms with Crippen molar-refractivity contribution >= 4 is 6.09 Å². The van der Waals surface area contributed by atoms with Crippen molar-refractivity contribution < 1.29 is 9.53 Å². The van der Waals surface area contributed by atoms with E-state index < -0.39 is 6.09 Å². The van der Waals surface area contributed by atoms with Crippen LogP contribution in [0.5, 0.6) is 0 Å². The maximum absolute atomic E-state index is 11.3. The number of allylic oxidation sites excluding steroid dienone is 1. The Morgan fingerprint density at radius 2 is 1.87 bits per heavy atom. The van der Waals surface area contributed by atoms with Gasteiger partial charge in [0, 0.05) is 6.42 Å². The van der Waals surface area contributed by atoms with Crippen LogP contribution in [0.25, 0.3) is 0 Å². The summed E-state index contributed by atoms with van der Waals surface area (Å²) in [5.41, 5.74) is 7.72. The van der Waals surface area contributed by atoms with Crippen molar-refractivity contribution in [2.45, 2.75) is 111 Å². The third-order valence-electron chi connectivity index (χ3n) is 10.5. The topological polar surface area (TPSA) is 52.3 Å². The van der Waals surface area contributed by atoms with Crippen molar-refractivity contribution in [3.05, 3.63) is 11.6 Å². The van der Waals surface area contributed by atoms with Crippen LogP contribution < -0.4 is 5.73 Å². The van der Waals surface area contributed by atoms with Crippen molar-refractivity contribution in [1.29, 1.82) is 0 Å². The van der Waals surface area contributed by atoms with E-state index in [1.165, 1.54) is 51.4 Å². The highest BCUT2D eigenvalue weighted by molar-refractivity contribution is 5.64. The third-order valence-corrected chi connectivity index (χ3v) is 10.5. The monoisotopic (exact) mass is 429 g/mol. The molecule has 4 aliphatic rings. The lowest BCUT2D eigenvalue weighted by molar-refractivity contribution is -0.0578. The summed E-state index contributed by atoms with van der Waals surface area (Å²) in [6.07, 6.45) is 16.1. The molecule has 0 spiro atoms. The van der Waals surface area contributed by atoms with E-state index in [0.29, 0.717) is 10.8 Å². The molecule has 0 aromatic heterocycles. The van der Waals surface area contributed by atoms with Gasteiger partial charge in [0.15, 0.2) is 0 Å². The van der Waals surface area contributed by atoms with Crippen LogP contribution in [-0.2, 0) is 4.74 Å². The van der Waals surface area contributed by atoms with Crippen LogP contribution in [0.4, 0.5) is 4.79 Å². The first-order valence-electron chi connectivity index (χ1n) is 13.3. The molecule has 0 heterocycles. The van der Waals surface area contributed by atoms with Gasteiger partial charge in [-0.15, -0.1) is 0 Å². The lowest BCUT2D eigenvalue weighted by atomic mass is 9.47. The van der Waals surface area contributed by atoms with E-state index in [2.05, 4.69) is 40.7 Å². The summed E-state index contributed by atoms with van der Waals surface area (Å²) < 4.78 is 5.39. The average Bonchev–Trinajstić information content (AvgIpc) is 3.05. The molecule has 3 saturated carbocycles. The summed E-state index contributed by atoms with van der Waals surface area (Å²) in [5, 5.41) is 0. The molecule has 4 aliphatic carbocycles. The Kier molecular flexibility index (Phi) is 6.54. The van der Waals surface area contributed by atoms with Crippen molar-refractivity contribution in [3.8, 4) is 0 Å². The second-order valence-electron chi connectivity index (χ2n) is 12.6. The molecule has 3 heteroatoms. The second-order valence-corrected chi connectivity index (χ2v) is 12.6. The van der Waals surface area contributed by atoms with Gasteiger partial charge in [-0.2, -0.15) is 0 Å². The number of rotatable bonds is 6. The number of ether oxygens (including phenoxy) is 1. The van der Waals surface area contributed by atoms with E-state index in [0.717, 1.165) is 54.8 Å². The lowest BCUT2D eigenvalue weighted by Gasteiger charge is -2.58. The minimum absolute atomic E-state index is 0.00946. The van der Waals surface area contributed by atoms with Crippen molar-refractivity contribution in [3.63, 3.8) is 0 Å². The molecule has 4 rings (SSSR count). The summed E-state index contributed by atoms with van der Waals surface area (Å²) in [4.78, 5) is 11.3. The highest BCUT2D eigenvalue weighted by atomic mass is 16.6. The zero-order valence-corrected chi connectivity index (χ0v) is 20.8. The standard InChI is InChI=1S/C28H47NO2/c1-18(2)7-6-8-19(3)23-11-12-24-22-10-9-20-17-21(31-26(29)30)13-15-27(20,4)25(22)14-16-28(23,24)5/h9,18-19,21-25H,6-8,10-17H2,1-5H3,(H2,29,30)/t19-,21?,22?,23-,24?,25?,27+,28-/m1/s1. The van der Waals surface area contributed by atoms with Crippen LogP contribution in [0.1, 0.15) is 105 Å². The van der Waals surface area contributed by atoms with Crippen molar-refractivity contribution in [2.24, 2.45) is 52.1 Å². The third kappa shape index (κ3) is 4.20. The van der Waals surface area contributed by atoms with Gasteiger partial charge in [-0.25, -0.2) is 4.79 Å². The van der Waals surface area contributed by atoms with Gasteiger partial charge in [0.05, 0.1) is 0 Å². The van der Waals surface area contributed by atoms with E-state index in [4.69, 9.17) is 10.5 Å². The summed E-state index contributed by atoms with van der Waals surface area (Å²) in [6.45, 7) is 12.5. The van der Waals surface area contributed by atoms with Gasteiger partial charge in [0.2, 0.25) is 0 Å². The predicted molar refractivity (Wildman–Crippen MR) is 128 cm³/mol. The molecule has 1 amide bonds. The smallest absolute Gasteiger partial charge is 0.404 e. The molecule has 8 atom stereocenters. The average molecular weight is 430 g/mol. The second kappa shape index (κ2) is 8.75. The minimum Gasteiger partial charge on any atom is -0.446 e. The molecule has 0 aromatic rings. The lowest BCUT2D eigenvalue weighted by Crippen LogP contribution is -2.51. The Balaban J connectivity index is 1.47. The quantitative estimate of drug-likeness (QED) is 0.445. The first-order chi connectivity index (χ1) is 14.6. The van der Waals surface area contributed by atoms with Gasteiger partial charge in [-0.05, 0) is 91.3 Å². The van der Waals surface area contributed by atoms with Gasteiger partial charge in [-0.3, -0.25) is 0 Å². The number of fused-ring (bicyclic) bond motifs is 5. The Bertz CT molecular complexity index is 699. The van der Waals surface area contributed by atoms with Gasteiger partial charge < -0.3 is 10.5 Å². The maximum Gasteiger partial charge on any atom is 0.404 e. The molecular formula is C28H47NO2. The molecule has 0 aliphatic heterocycles. The number of carbonyl (C=O) groups excluding carboxylic acids is 1. The Hall–Kier alpha value is -0.990. The Morgan fingerprint density at radius 1 is 1.10 bits per heavy atom. The summed E-state index contributed by atoms with van der Waals surface area (Å²) in [6, 6.07) is 0. The highest BCUT2D eigenvalue weighted by Gasteiger charge is 2.59. The van der Waals surface area contributed by atoms with Gasteiger partial charge in [0.25, 0.3) is 0 Å². The zero-order chi connectivity index (χ0) is 22.4. The van der Waals surface area contributed by atoms with Crippen LogP contribution in [-0.4, -0.2) is 12.2 Å². The highest BCUT2D eigenvalue weighted by Crippen LogP contribution is 2.67. The molecule has 0 aromatic carbocycles. The molecule has 31 heavy (non-hydrogen) atoms. The van der Waals surface area contributed by atoms with E-state index in [1.807, 2.05) is 0 Å². The fourth-order valence-corrected chi connectivity index (χ4v) is 8.92. The Morgan fingerprint density at radius 3 is 2.58 bits per heavy atom. The van der Waals surface area contributed by atoms with Crippen molar-refractivity contribution in [2.75, 3.05) is 0 Å². The fraction of sp³-hybridized carbons (Fsp3) is 0.893. The SMILES string of the molecule is CC(C)CCC[C@@H](C)[C@H]1CCC2C3CC=C4CC(OC(N)=O)CC[C@]4(C)C3CC[C@@]21C. The van der Waals surface area contributed by atoms with Crippen LogP contribution in [0, 0.1) is 46.3 Å². The minimum atomic E-state index is -0.615. The molecule has 4 unspecified atom stereocenters. The first kappa shape index (κ1) is 23.2. The number of hydrogen-bond donors (Lipinski definition) is 1. The molecule has 0 saturated heterocycles. The van der Waals surface area contributed by atoms with E-state index in [1.54, 1.807) is 5.57 Å². The van der Waals surface area contributed by atoms with Crippen LogP contribution >= 0.6 is 0 Å². The Labute approximate surface area is 190 Å². The number of hydrogen-bond acceptors (Lipinski definition) is 2. The van der Waals surface area contributed by atoms with E-state index >= 15 is 0 Å². The normalized spacial score (nSPS) is 42.9. The van der Waals surface area contributed by atoms with E-state index in [-0.39, 0.29) is 6.10 Å². The summed E-state index contributed by atoms with van der Waals surface area (Å²) >= 11 is 0. The van der Waals surface area contributed by atoms with Gasteiger partial charge in [0.1, 0.15) is 6.10 Å². The number of nitrogens with two attached hydrogens (primary N) is 1. The molecule has 0 radical (unpaired) electrons. The molecule has 0 bridgehead atoms. The van der Waals surface area contributed by atoms with Crippen LogP contribution in [0.3, 0.4) is 0 Å². The van der Waals surface area contributed by atoms with E-state index in [9.17, 15) is 4.79 Å². The molecule has 176 valence electrons. The zero-order valence-electron chi connectivity index (χ0n) is 20.8. The molecule has 3 fully saturated rings. The number of amides is 1. The van der Waals surface area contributed by atoms with Crippen LogP contribution in [0.15, 0.2) is 11.6 Å². The molecule has 2 N–H and O–H groups in total.